The molecule has 1 saturated heterocycles. The van der Waals surface area contributed by atoms with E-state index in [1.54, 1.807) is 25.1 Å². The van der Waals surface area contributed by atoms with Crippen molar-refractivity contribution in [1.29, 1.82) is 0 Å². The van der Waals surface area contributed by atoms with Crippen LogP contribution in [0.1, 0.15) is 96.5 Å². The molecule has 0 saturated carbocycles. The molecule has 52 heavy (non-hydrogen) atoms. The number of allylic oxidation sites excluding steroid dienone is 2. The first-order valence-corrected chi connectivity index (χ1v) is 21.5. The lowest BCUT2D eigenvalue weighted by atomic mass is 9.99. The van der Waals surface area contributed by atoms with Gasteiger partial charge < -0.3 is 37.8 Å². The van der Waals surface area contributed by atoms with E-state index in [1.807, 2.05) is 43.9 Å². The monoisotopic (exact) mass is 744 g/mol. The van der Waals surface area contributed by atoms with Gasteiger partial charge in [0.25, 0.3) is 5.91 Å². The molecule has 1 aromatic carbocycles. The van der Waals surface area contributed by atoms with Crippen molar-refractivity contribution in [3.8, 4) is 11.5 Å². The summed E-state index contributed by atoms with van der Waals surface area (Å²) < 4.78 is 35.3. The number of esters is 1. The number of carbonyl (C=O) groups is 2. The van der Waals surface area contributed by atoms with Crippen LogP contribution in [0.25, 0.3) is 0 Å². The maximum atomic E-state index is 13.8. The molecule has 1 aliphatic rings. The van der Waals surface area contributed by atoms with Crippen LogP contribution in [0.5, 0.6) is 11.5 Å². The van der Waals surface area contributed by atoms with Crippen LogP contribution in [0.2, 0.25) is 18.1 Å². The first-order chi connectivity index (χ1) is 24.8. The Balaban J connectivity index is 2.58. The molecule has 1 amide bonds. The van der Waals surface area contributed by atoms with E-state index < -0.39 is 20.4 Å². The van der Waals surface area contributed by atoms with E-state index in [0.717, 1.165) is 19.3 Å². The first-order valence-electron chi connectivity index (χ1n) is 18.6. The van der Waals surface area contributed by atoms with Crippen LogP contribution in [0, 0.1) is 0 Å². The second kappa shape index (κ2) is 23.3. The molecule has 0 N–H and O–H groups in total. The Kier molecular flexibility index (Phi) is 20.0. The molecule has 292 valence electrons. The van der Waals surface area contributed by atoms with Gasteiger partial charge in [0, 0.05) is 45.2 Å². The van der Waals surface area contributed by atoms with Crippen LogP contribution in [0.15, 0.2) is 54.2 Å². The first kappa shape index (κ1) is 44.7. The second-order valence-electron chi connectivity index (χ2n) is 14.3. The SMILES string of the molecule is C=CC[C@@H](C)OC(=O)c1c(CC(/C=C/C[C@H](/C=C/C)O[Si](C)(C)C(C)(C)C)=N/OCC(=O)N2CCCCC2)cc(OCOCC)cc1OCOCC. The van der Waals surface area contributed by atoms with Gasteiger partial charge in [-0.2, -0.15) is 0 Å². The molecule has 0 radical (unpaired) electrons. The summed E-state index contributed by atoms with van der Waals surface area (Å²) in [5.41, 5.74) is 1.20. The van der Waals surface area contributed by atoms with E-state index in [1.165, 1.54) is 0 Å². The topological polar surface area (TPSA) is 114 Å². The lowest BCUT2D eigenvalue weighted by Gasteiger charge is -2.38. The van der Waals surface area contributed by atoms with Crippen molar-refractivity contribution < 1.29 is 42.5 Å². The number of amides is 1. The standard InChI is InChI=1S/C40H64N2O9Si/c1-11-19-31(5)50-39(44)38-32(26-35(47-29-45-13-3)27-36(38)48-30-46-14-4)25-33(41-49-28-37(43)42-23-16-15-17-24-42)21-18-22-34(20-12-2)51-52(9,10)40(6,7)8/h11-12,18,20-21,26-27,31,34H,1,13-17,19,22-25,28-30H2,2-10H3/b20-12+,21-18+,41-33+/t31-,34+/m1/s1. The zero-order chi connectivity index (χ0) is 38.6. The summed E-state index contributed by atoms with van der Waals surface area (Å²) >= 11 is 0. The van der Waals surface area contributed by atoms with Gasteiger partial charge in [0.15, 0.2) is 28.5 Å². The minimum atomic E-state index is -2.06. The Labute approximate surface area is 313 Å². The number of carbonyl (C=O) groups excluding carboxylic acids is 2. The molecule has 1 heterocycles. The highest BCUT2D eigenvalue weighted by atomic mass is 28.4. The van der Waals surface area contributed by atoms with Crippen molar-refractivity contribution in [1.82, 2.24) is 4.90 Å². The number of likely N-dealkylation sites (tertiary alicyclic amines) is 1. The van der Waals surface area contributed by atoms with Crippen LogP contribution >= 0.6 is 0 Å². The summed E-state index contributed by atoms with van der Waals surface area (Å²) in [4.78, 5) is 34.3. The predicted molar refractivity (Wildman–Crippen MR) is 209 cm³/mol. The summed E-state index contributed by atoms with van der Waals surface area (Å²) in [5.74, 6) is -0.0338. The van der Waals surface area contributed by atoms with Gasteiger partial charge in [-0.05, 0) is 89.2 Å². The molecule has 0 spiro atoms. The number of oxime groups is 1. The van der Waals surface area contributed by atoms with Gasteiger partial charge in [-0.25, -0.2) is 4.79 Å². The Morgan fingerprint density at radius 1 is 1.02 bits per heavy atom. The largest absolute Gasteiger partial charge is 0.467 e. The highest BCUT2D eigenvalue weighted by Gasteiger charge is 2.38. The van der Waals surface area contributed by atoms with Crippen LogP contribution in [0.3, 0.4) is 0 Å². The van der Waals surface area contributed by atoms with E-state index >= 15 is 0 Å². The molecular weight excluding hydrogens is 681 g/mol. The average Bonchev–Trinajstić information content (AvgIpc) is 3.08. The fraction of sp³-hybridized carbons (Fsp3) is 0.625. The molecule has 2 rings (SSSR count). The van der Waals surface area contributed by atoms with Crippen LogP contribution in [-0.4, -0.2) is 89.5 Å². The molecule has 0 unspecified atom stereocenters. The lowest BCUT2D eigenvalue weighted by molar-refractivity contribution is -0.137. The van der Waals surface area contributed by atoms with Crippen molar-refractivity contribution in [2.75, 3.05) is 46.5 Å². The Hall–Kier alpha value is -3.45. The number of ether oxygens (including phenoxy) is 5. The van der Waals surface area contributed by atoms with Gasteiger partial charge in [-0.15, -0.1) is 6.58 Å². The fourth-order valence-electron chi connectivity index (χ4n) is 5.12. The number of nitrogens with zero attached hydrogens (tertiary/aromatic N) is 2. The maximum absolute atomic E-state index is 13.8. The summed E-state index contributed by atoms with van der Waals surface area (Å²) in [6.07, 6.45) is 13.3. The highest BCUT2D eigenvalue weighted by Crippen LogP contribution is 2.38. The number of benzene rings is 1. The van der Waals surface area contributed by atoms with E-state index in [0.29, 0.717) is 56.2 Å². The maximum Gasteiger partial charge on any atom is 0.342 e. The second-order valence-corrected chi connectivity index (χ2v) is 19.0. The van der Waals surface area contributed by atoms with E-state index in [4.69, 9.17) is 32.9 Å². The fourth-order valence-corrected chi connectivity index (χ4v) is 6.40. The molecule has 1 aromatic rings. The molecule has 0 aromatic heterocycles. The summed E-state index contributed by atoms with van der Waals surface area (Å²) in [7, 11) is -2.06. The average molecular weight is 745 g/mol. The zero-order valence-electron chi connectivity index (χ0n) is 33.2. The molecule has 0 aliphatic carbocycles. The van der Waals surface area contributed by atoms with Crippen LogP contribution in [-0.2, 0) is 34.7 Å². The Morgan fingerprint density at radius 3 is 2.31 bits per heavy atom. The van der Waals surface area contributed by atoms with Gasteiger partial charge in [-0.3, -0.25) is 4.79 Å². The molecule has 11 nitrogen and oxygen atoms in total. The molecule has 1 aliphatic heterocycles. The van der Waals surface area contributed by atoms with E-state index in [-0.39, 0.29) is 55.0 Å². The molecule has 2 atom stereocenters. The van der Waals surface area contributed by atoms with Gasteiger partial charge in [0.1, 0.15) is 23.2 Å². The van der Waals surface area contributed by atoms with Gasteiger partial charge in [-0.1, -0.05) is 50.2 Å². The smallest absolute Gasteiger partial charge is 0.342 e. The summed E-state index contributed by atoms with van der Waals surface area (Å²) in [6, 6.07) is 3.36. The Bertz CT molecular complexity index is 1350. The number of hydrogen-bond donors (Lipinski definition) is 0. The quantitative estimate of drug-likeness (QED) is 0.0207. The van der Waals surface area contributed by atoms with Gasteiger partial charge in [0.2, 0.25) is 0 Å². The molecular formula is C40H64N2O9Si. The predicted octanol–water partition coefficient (Wildman–Crippen LogP) is 8.39. The lowest BCUT2D eigenvalue weighted by Crippen LogP contribution is -2.43. The van der Waals surface area contributed by atoms with E-state index in [2.05, 4.69) is 51.7 Å². The van der Waals surface area contributed by atoms with Crippen molar-refractivity contribution in [3.05, 3.63) is 60.2 Å². The number of piperidine rings is 1. The minimum Gasteiger partial charge on any atom is -0.467 e. The number of rotatable bonds is 23. The van der Waals surface area contributed by atoms with Crippen molar-refractivity contribution in [3.63, 3.8) is 0 Å². The molecule has 0 bridgehead atoms. The van der Waals surface area contributed by atoms with Gasteiger partial charge >= 0.3 is 5.97 Å². The third kappa shape index (κ3) is 15.7. The highest BCUT2D eigenvalue weighted by molar-refractivity contribution is 6.74. The minimum absolute atomic E-state index is 0.00410. The van der Waals surface area contributed by atoms with Crippen molar-refractivity contribution in [2.45, 2.75) is 117 Å². The number of hydrogen-bond acceptors (Lipinski definition) is 10. The van der Waals surface area contributed by atoms with Crippen LogP contribution < -0.4 is 9.47 Å². The third-order valence-electron chi connectivity index (χ3n) is 8.97. The third-order valence-corrected chi connectivity index (χ3v) is 13.5. The van der Waals surface area contributed by atoms with E-state index in [9.17, 15) is 9.59 Å². The molecule has 1 fully saturated rings. The van der Waals surface area contributed by atoms with Gasteiger partial charge in [0.05, 0.1) is 11.8 Å². The van der Waals surface area contributed by atoms with Crippen molar-refractivity contribution in [2.24, 2.45) is 5.16 Å². The normalized spacial score (nSPS) is 15.5. The Morgan fingerprint density at radius 2 is 1.69 bits per heavy atom. The van der Waals surface area contributed by atoms with Crippen LogP contribution in [0.4, 0.5) is 0 Å². The summed E-state index contributed by atoms with van der Waals surface area (Å²) in [6.45, 7) is 24.4. The van der Waals surface area contributed by atoms with Crippen molar-refractivity contribution >= 4 is 25.9 Å². The zero-order valence-corrected chi connectivity index (χ0v) is 34.2. The molecule has 12 heteroatoms. The summed E-state index contributed by atoms with van der Waals surface area (Å²) in [5, 5.41) is 4.49.